The standard InChI is InChI=1S/C16H17BrIN/c17-15-3-1-2-13(10-15)9-14(11-19)8-12-4-6-16(18)7-5-12/h1-7,10,14H,8-9,11,19H2. The molecule has 2 N–H and O–H groups in total. The number of rotatable bonds is 5. The van der Waals surface area contributed by atoms with Crippen molar-refractivity contribution < 1.29 is 0 Å². The molecule has 3 heteroatoms. The van der Waals surface area contributed by atoms with Crippen molar-refractivity contribution >= 4 is 38.5 Å². The van der Waals surface area contributed by atoms with Crippen LogP contribution in [-0.2, 0) is 12.8 Å². The van der Waals surface area contributed by atoms with Gasteiger partial charge in [0.15, 0.2) is 0 Å². The number of nitrogens with two attached hydrogens (primary N) is 1. The van der Waals surface area contributed by atoms with E-state index in [1.807, 2.05) is 0 Å². The molecule has 100 valence electrons. The Bertz CT molecular complexity index is 525. The molecule has 1 nitrogen and oxygen atoms in total. The van der Waals surface area contributed by atoms with E-state index in [2.05, 4.69) is 87.1 Å². The predicted octanol–water partition coefficient (Wildman–Crippen LogP) is 4.41. The Hall–Kier alpha value is -0.390. The minimum Gasteiger partial charge on any atom is -0.330 e. The molecule has 2 rings (SSSR count). The number of hydrogen-bond donors (Lipinski definition) is 1. The molecule has 0 saturated heterocycles. The van der Waals surface area contributed by atoms with Crippen molar-refractivity contribution in [3.63, 3.8) is 0 Å². The summed E-state index contributed by atoms with van der Waals surface area (Å²) in [6.07, 6.45) is 2.07. The van der Waals surface area contributed by atoms with Crippen LogP contribution < -0.4 is 5.73 Å². The lowest BCUT2D eigenvalue weighted by molar-refractivity contribution is 0.533. The molecule has 0 bridgehead atoms. The Kier molecular flexibility index (Phi) is 5.85. The van der Waals surface area contributed by atoms with Gasteiger partial charge < -0.3 is 5.73 Å². The van der Waals surface area contributed by atoms with Crippen LogP contribution in [0.15, 0.2) is 53.0 Å². The lowest BCUT2D eigenvalue weighted by Gasteiger charge is -2.15. The monoisotopic (exact) mass is 429 g/mol. The number of benzene rings is 2. The highest BCUT2D eigenvalue weighted by molar-refractivity contribution is 14.1. The fraction of sp³-hybridized carbons (Fsp3) is 0.250. The molecule has 0 fully saturated rings. The smallest absolute Gasteiger partial charge is 0.0177 e. The zero-order valence-corrected chi connectivity index (χ0v) is 14.4. The first kappa shape index (κ1) is 15.0. The molecular weight excluding hydrogens is 413 g/mol. The quantitative estimate of drug-likeness (QED) is 0.699. The van der Waals surface area contributed by atoms with Gasteiger partial charge in [0.05, 0.1) is 0 Å². The molecule has 2 aromatic rings. The first-order valence-electron chi connectivity index (χ1n) is 6.36. The van der Waals surface area contributed by atoms with Gasteiger partial charge in [-0.25, -0.2) is 0 Å². The summed E-state index contributed by atoms with van der Waals surface area (Å²) >= 11 is 5.85. The summed E-state index contributed by atoms with van der Waals surface area (Å²) in [7, 11) is 0. The second-order valence-electron chi connectivity index (χ2n) is 4.77. The van der Waals surface area contributed by atoms with Crippen LogP contribution in [0, 0.1) is 9.49 Å². The summed E-state index contributed by atoms with van der Waals surface area (Å²) in [5.74, 6) is 0.495. The van der Waals surface area contributed by atoms with Gasteiger partial charge in [-0.2, -0.15) is 0 Å². The number of halogens is 2. The van der Waals surface area contributed by atoms with Crippen LogP contribution in [0.5, 0.6) is 0 Å². The van der Waals surface area contributed by atoms with Crippen LogP contribution in [0.1, 0.15) is 11.1 Å². The maximum Gasteiger partial charge on any atom is 0.0177 e. The average molecular weight is 430 g/mol. The Morgan fingerprint density at radius 3 is 2.32 bits per heavy atom. The van der Waals surface area contributed by atoms with E-state index in [9.17, 15) is 0 Å². The maximum absolute atomic E-state index is 5.92. The normalized spacial score (nSPS) is 12.4. The second-order valence-corrected chi connectivity index (χ2v) is 6.93. The van der Waals surface area contributed by atoms with Crippen molar-refractivity contribution in [1.82, 2.24) is 0 Å². The zero-order chi connectivity index (χ0) is 13.7. The minimum atomic E-state index is 0.495. The Balaban J connectivity index is 2.02. The molecule has 0 aliphatic heterocycles. The summed E-state index contributed by atoms with van der Waals surface area (Å²) in [4.78, 5) is 0. The summed E-state index contributed by atoms with van der Waals surface area (Å²) in [6, 6.07) is 17.2. The van der Waals surface area contributed by atoms with E-state index in [1.54, 1.807) is 0 Å². The van der Waals surface area contributed by atoms with E-state index in [-0.39, 0.29) is 0 Å². The Labute approximate surface area is 136 Å². The third-order valence-electron chi connectivity index (χ3n) is 3.18. The molecule has 1 atom stereocenters. The molecule has 0 heterocycles. The fourth-order valence-electron chi connectivity index (χ4n) is 2.19. The van der Waals surface area contributed by atoms with Crippen molar-refractivity contribution in [2.45, 2.75) is 12.8 Å². The molecule has 0 saturated carbocycles. The van der Waals surface area contributed by atoms with Crippen LogP contribution >= 0.6 is 38.5 Å². The first-order chi connectivity index (χ1) is 9.17. The first-order valence-corrected chi connectivity index (χ1v) is 8.23. The van der Waals surface area contributed by atoms with Crippen molar-refractivity contribution in [2.75, 3.05) is 6.54 Å². The Morgan fingerprint density at radius 2 is 1.68 bits per heavy atom. The second kappa shape index (κ2) is 7.41. The lowest BCUT2D eigenvalue weighted by atomic mass is 9.93. The van der Waals surface area contributed by atoms with E-state index in [0.717, 1.165) is 23.9 Å². The topological polar surface area (TPSA) is 26.0 Å². The van der Waals surface area contributed by atoms with Gasteiger partial charge in [-0.15, -0.1) is 0 Å². The largest absolute Gasteiger partial charge is 0.330 e. The van der Waals surface area contributed by atoms with E-state index < -0.39 is 0 Å². The molecule has 0 aliphatic rings. The van der Waals surface area contributed by atoms with Gasteiger partial charge in [-0.1, -0.05) is 40.2 Å². The highest BCUT2D eigenvalue weighted by Gasteiger charge is 2.09. The molecular formula is C16H17BrIN. The van der Waals surface area contributed by atoms with Crippen molar-refractivity contribution in [3.05, 3.63) is 67.7 Å². The molecule has 19 heavy (non-hydrogen) atoms. The van der Waals surface area contributed by atoms with Gasteiger partial charge in [0.1, 0.15) is 0 Å². The third-order valence-corrected chi connectivity index (χ3v) is 4.40. The molecule has 2 aromatic carbocycles. The highest BCUT2D eigenvalue weighted by Crippen LogP contribution is 2.18. The van der Waals surface area contributed by atoms with Crippen molar-refractivity contribution in [3.8, 4) is 0 Å². The van der Waals surface area contributed by atoms with Gasteiger partial charge in [-0.05, 0) is 83.3 Å². The zero-order valence-electron chi connectivity index (χ0n) is 10.7. The van der Waals surface area contributed by atoms with Crippen LogP contribution in [0.25, 0.3) is 0 Å². The van der Waals surface area contributed by atoms with E-state index >= 15 is 0 Å². The summed E-state index contributed by atoms with van der Waals surface area (Å²) in [5, 5.41) is 0. The van der Waals surface area contributed by atoms with Gasteiger partial charge in [0, 0.05) is 8.04 Å². The van der Waals surface area contributed by atoms with Gasteiger partial charge in [-0.3, -0.25) is 0 Å². The predicted molar refractivity (Wildman–Crippen MR) is 93.3 cm³/mol. The average Bonchev–Trinajstić information content (AvgIpc) is 2.40. The van der Waals surface area contributed by atoms with E-state index in [0.29, 0.717) is 5.92 Å². The summed E-state index contributed by atoms with van der Waals surface area (Å²) < 4.78 is 2.41. The van der Waals surface area contributed by atoms with Gasteiger partial charge in [0.25, 0.3) is 0 Å². The van der Waals surface area contributed by atoms with Crippen LogP contribution in [0.4, 0.5) is 0 Å². The third kappa shape index (κ3) is 4.89. The molecule has 0 aromatic heterocycles. The van der Waals surface area contributed by atoms with E-state index in [4.69, 9.17) is 5.73 Å². The lowest BCUT2D eigenvalue weighted by Crippen LogP contribution is -2.19. The summed E-state index contributed by atoms with van der Waals surface area (Å²) in [5.41, 5.74) is 8.63. The number of hydrogen-bond acceptors (Lipinski definition) is 1. The molecule has 0 amide bonds. The van der Waals surface area contributed by atoms with Crippen LogP contribution in [-0.4, -0.2) is 6.54 Å². The maximum atomic E-state index is 5.92. The molecule has 1 unspecified atom stereocenters. The van der Waals surface area contributed by atoms with Crippen molar-refractivity contribution in [2.24, 2.45) is 11.7 Å². The summed E-state index contributed by atoms with van der Waals surface area (Å²) in [6.45, 7) is 0.721. The molecule has 0 aliphatic carbocycles. The van der Waals surface area contributed by atoms with Crippen LogP contribution in [0.2, 0.25) is 0 Å². The minimum absolute atomic E-state index is 0.495. The van der Waals surface area contributed by atoms with Gasteiger partial charge in [0.2, 0.25) is 0 Å². The van der Waals surface area contributed by atoms with E-state index in [1.165, 1.54) is 14.7 Å². The van der Waals surface area contributed by atoms with Crippen LogP contribution in [0.3, 0.4) is 0 Å². The Morgan fingerprint density at radius 1 is 1.00 bits per heavy atom. The molecule has 0 radical (unpaired) electrons. The van der Waals surface area contributed by atoms with Gasteiger partial charge >= 0.3 is 0 Å². The highest BCUT2D eigenvalue weighted by atomic mass is 127. The SMILES string of the molecule is NCC(Cc1ccc(I)cc1)Cc1cccc(Br)c1. The van der Waals surface area contributed by atoms with Crippen molar-refractivity contribution in [1.29, 1.82) is 0 Å². The molecule has 0 spiro atoms. The fourth-order valence-corrected chi connectivity index (χ4v) is 3.00.